The van der Waals surface area contributed by atoms with Crippen LogP contribution in [0.2, 0.25) is 0 Å². The van der Waals surface area contributed by atoms with Crippen LogP contribution in [0.15, 0.2) is 10.5 Å². The molecule has 0 amide bonds. The summed E-state index contributed by atoms with van der Waals surface area (Å²) >= 11 is 3.54. The van der Waals surface area contributed by atoms with Crippen molar-refractivity contribution < 1.29 is 19.4 Å². The number of benzene rings is 1. The fourth-order valence-electron chi connectivity index (χ4n) is 3.31. The molecule has 20 heavy (non-hydrogen) atoms. The summed E-state index contributed by atoms with van der Waals surface area (Å²) in [5, 5.41) is 9.75. The standard InChI is InChI=1S/C15H17BrO4/c1-9-10(15(14(17)18)4-2-3-5-15)8-11-13(12(9)16)20-7-6-19-11/h8H,2-7H2,1H3,(H,17,18). The van der Waals surface area contributed by atoms with E-state index in [9.17, 15) is 9.90 Å². The van der Waals surface area contributed by atoms with Gasteiger partial charge in [0.15, 0.2) is 11.5 Å². The molecule has 1 fully saturated rings. The molecule has 1 aliphatic carbocycles. The Balaban J connectivity index is 2.18. The number of halogens is 1. The molecule has 1 aliphatic heterocycles. The van der Waals surface area contributed by atoms with Gasteiger partial charge in [-0.2, -0.15) is 0 Å². The highest BCUT2D eigenvalue weighted by Crippen LogP contribution is 2.49. The van der Waals surface area contributed by atoms with E-state index >= 15 is 0 Å². The van der Waals surface area contributed by atoms with Crippen LogP contribution in [0.5, 0.6) is 11.5 Å². The third-order valence-corrected chi connectivity index (χ3v) is 5.36. The van der Waals surface area contributed by atoms with Crippen LogP contribution in [-0.4, -0.2) is 24.3 Å². The zero-order valence-electron chi connectivity index (χ0n) is 11.4. The lowest BCUT2D eigenvalue weighted by molar-refractivity contribution is -0.143. The van der Waals surface area contributed by atoms with Crippen LogP contribution in [0, 0.1) is 6.92 Å². The largest absolute Gasteiger partial charge is 0.486 e. The van der Waals surface area contributed by atoms with Crippen LogP contribution in [-0.2, 0) is 10.2 Å². The average molecular weight is 341 g/mol. The first-order valence-corrected chi connectivity index (χ1v) is 7.68. The van der Waals surface area contributed by atoms with Crippen LogP contribution in [0.3, 0.4) is 0 Å². The third-order valence-electron chi connectivity index (χ3n) is 4.40. The number of aliphatic carboxylic acids is 1. The van der Waals surface area contributed by atoms with Gasteiger partial charge in [0.05, 0.1) is 9.89 Å². The van der Waals surface area contributed by atoms with Crippen molar-refractivity contribution in [3.8, 4) is 11.5 Å². The molecule has 4 nitrogen and oxygen atoms in total. The topological polar surface area (TPSA) is 55.8 Å². The van der Waals surface area contributed by atoms with Crippen molar-refractivity contribution in [1.82, 2.24) is 0 Å². The van der Waals surface area contributed by atoms with Crippen LogP contribution >= 0.6 is 15.9 Å². The smallest absolute Gasteiger partial charge is 0.314 e. The summed E-state index contributed by atoms with van der Waals surface area (Å²) in [6.45, 7) is 2.97. The van der Waals surface area contributed by atoms with E-state index in [1.165, 1.54) is 0 Å². The van der Waals surface area contributed by atoms with Gasteiger partial charge in [0.25, 0.3) is 0 Å². The molecular weight excluding hydrogens is 324 g/mol. The minimum Gasteiger partial charge on any atom is -0.486 e. The second kappa shape index (κ2) is 4.95. The highest BCUT2D eigenvalue weighted by molar-refractivity contribution is 9.10. The van der Waals surface area contributed by atoms with Gasteiger partial charge in [-0.15, -0.1) is 0 Å². The second-order valence-electron chi connectivity index (χ2n) is 5.48. The van der Waals surface area contributed by atoms with Gasteiger partial charge in [-0.25, -0.2) is 0 Å². The summed E-state index contributed by atoms with van der Waals surface area (Å²) in [6, 6.07) is 1.87. The first-order valence-electron chi connectivity index (χ1n) is 6.89. The van der Waals surface area contributed by atoms with Crippen molar-refractivity contribution in [3.05, 3.63) is 21.7 Å². The van der Waals surface area contributed by atoms with E-state index in [4.69, 9.17) is 9.47 Å². The monoisotopic (exact) mass is 340 g/mol. The summed E-state index contributed by atoms with van der Waals surface area (Å²) in [6.07, 6.45) is 3.29. The van der Waals surface area contributed by atoms with Gasteiger partial charge in [-0.1, -0.05) is 12.8 Å². The van der Waals surface area contributed by atoms with E-state index in [2.05, 4.69) is 15.9 Å². The Morgan fingerprint density at radius 3 is 2.60 bits per heavy atom. The Morgan fingerprint density at radius 1 is 1.30 bits per heavy atom. The number of fused-ring (bicyclic) bond motifs is 1. The lowest BCUT2D eigenvalue weighted by atomic mass is 9.76. The van der Waals surface area contributed by atoms with E-state index in [0.29, 0.717) is 37.6 Å². The molecule has 0 radical (unpaired) electrons. The Morgan fingerprint density at radius 2 is 1.95 bits per heavy atom. The lowest BCUT2D eigenvalue weighted by Crippen LogP contribution is -2.33. The molecule has 5 heteroatoms. The quantitative estimate of drug-likeness (QED) is 0.896. The van der Waals surface area contributed by atoms with Gasteiger partial charge in [-0.3, -0.25) is 4.79 Å². The van der Waals surface area contributed by atoms with Crippen LogP contribution in [0.1, 0.15) is 36.8 Å². The van der Waals surface area contributed by atoms with E-state index in [1.54, 1.807) is 0 Å². The van der Waals surface area contributed by atoms with Crippen molar-refractivity contribution in [3.63, 3.8) is 0 Å². The molecule has 0 atom stereocenters. The molecule has 1 saturated carbocycles. The predicted octanol–water partition coefficient (Wildman–Crippen LogP) is 3.43. The van der Waals surface area contributed by atoms with Crippen molar-refractivity contribution in [2.75, 3.05) is 13.2 Å². The highest BCUT2D eigenvalue weighted by atomic mass is 79.9. The van der Waals surface area contributed by atoms with Crippen molar-refractivity contribution in [2.24, 2.45) is 0 Å². The maximum atomic E-state index is 11.9. The molecule has 0 aromatic heterocycles. The van der Waals surface area contributed by atoms with Gasteiger partial charge in [0.1, 0.15) is 13.2 Å². The minimum atomic E-state index is -0.775. The molecule has 0 saturated heterocycles. The van der Waals surface area contributed by atoms with Gasteiger partial charge < -0.3 is 14.6 Å². The number of hydrogen-bond acceptors (Lipinski definition) is 3. The van der Waals surface area contributed by atoms with Crippen LogP contribution in [0.4, 0.5) is 0 Å². The van der Waals surface area contributed by atoms with Gasteiger partial charge >= 0.3 is 5.97 Å². The summed E-state index contributed by atoms with van der Waals surface area (Å²) in [5.74, 6) is 0.606. The number of hydrogen-bond donors (Lipinski definition) is 1. The molecule has 2 aliphatic rings. The lowest BCUT2D eigenvalue weighted by Gasteiger charge is -2.29. The summed E-state index contributed by atoms with van der Waals surface area (Å²) in [5.41, 5.74) is 1.03. The Hall–Kier alpha value is -1.23. The number of ether oxygens (including phenoxy) is 2. The second-order valence-corrected chi connectivity index (χ2v) is 6.27. The first kappa shape index (κ1) is 13.7. The molecule has 1 N–H and O–H groups in total. The summed E-state index contributed by atoms with van der Waals surface area (Å²) in [7, 11) is 0. The van der Waals surface area contributed by atoms with Gasteiger partial charge in [-0.05, 0) is 52.9 Å². The fourth-order valence-corrected chi connectivity index (χ4v) is 3.84. The zero-order valence-corrected chi connectivity index (χ0v) is 13.0. The number of carboxylic acids is 1. The predicted molar refractivity (Wildman–Crippen MR) is 77.7 cm³/mol. The molecule has 0 spiro atoms. The van der Waals surface area contributed by atoms with Crippen LogP contribution in [0.25, 0.3) is 0 Å². The van der Waals surface area contributed by atoms with E-state index in [0.717, 1.165) is 28.4 Å². The average Bonchev–Trinajstić information content (AvgIpc) is 2.93. The Kier molecular flexibility index (Phi) is 3.40. The molecule has 1 aromatic carbocycles. The molecule has 108 valence electrons. The molecule has 3 rings (SSSR count). The van der Waals surface area contributed by atoms with Crippen LogP contribution < -0.4 is 9.47 Å². The normalized spacial score (nSPS) is 19.9. The van der Waals surface area contributed by atoms with E-state index < -0.39 is 11.4 Å². The third kappa shape index (κ3) is 1.91. The van der Waals surface area contributed by atoms with Gasteiger partial charge in [0.2, 0.25) is 0 Å². The Bertz CT molecular complexity index is 561. The zero-order chi connectivity index (χ0) is 14.3. The maximum Gasteiger partial charge on any atom is 0.314 e. The number of carbonyl (C=O) groups is 1. The van der Waals surface area contributed by atoms with Crippen molar-refractivity contribution in [1.29, 1.82) is 0 Å². The number of carboxylic acid groups (broad SMARTS) is 1. The number of rotatable bonds is 2. The molecule has 0 unspecified atom stereocenters. The fraction of sp³-hybridized carbons (Fsp3) is 0.533. The summed E-state index contributed by atoms with van der Waals surface area (Å²) < 4.78 is 12.1. The van der Waals surface area contributed by atoms with E-state index in [1.807, 2.05) is 13.0 Å². The SMILES string of the molecule is Cc1c(C2(C(=O)O)CCCC2)cc2c(c1Br)OCCO2. The molecule has 0 bridgehead atoms. The first-order chi connectivity index (χ1) is 9.56. The molecule has 1 aromatic rings. The molecule has 1 heterocycles. The maximum absolute atomic E-state index is 11.9. The molecular formula is C15H17BrO4. The Labute approximate surface area is 126 Å². The summed E-state index contributed by atoms with van der Waals surface area (Å²) in [4.78, 5) is 11.9. The van der Waals surface area contributed by atoms with Crippen molar-refractivity contribution in [2.45, 2.75) is 38.0 Å². The van der Waals surface area contributed by atoms with Crippen molar-refractivity contribution >= 4 is 21.9 Å². The minimum absolute atomic E-state index is 0.502. The van der Waals surface area contributed by atoms with Gasteiger partial charge in [0, 0.05) is 0 Å². The highest BCUT2D eigenvalue weighted by Gasteiger charge is 2.45. The van der Waals surface area contributed by atoms with E-state index in [-0.39, 0.29) is 0 Å².